The molecule has 1 unspecified atom stereocenters. The van der Waals surface area contributed by atoms with Gasteiger partial charge in [-0.15, -0.1) is 0 Å². The first kappa shape index (κ1) is 13.2. The zero-order chi connectivity index (χ0) is 13.1. The Balaban J connectivity index is 2.21. The van der Waals surface area contributed by atoms with Crippen LogP contribution in [-0.2, 0) is 4.25 Å². The van der Waals surface area contributed by atoms with Crippen LogP contribution in [0, 0.1) is 0 Å². The predicted octanol–water partition coefficient (Wildman–Crippen LogP) is 4.61. The molecule has 3 rings (SSSR count). The van der Waals surface area contributed by atoms with E-state index in [2.05, 4.69) is 82.7 Å². The van der Waals surface area contributed by atoms with Crippen molar-refractivity contribution in [3.05, 3.63) is 72.3 Å². The topological polar surface area (TPSA) is 0 Å². The second-order valence-electron chi connectivity index (χ2n) is 4.80. The summed E-state index contributed by atoms with van der Waals surface area (Å²) in [5.74, 6) is 0. The maximum atomic E-state index is 3.68. The van der Waals surface area contributed by atoms with Crippen LogP contribution in [0.15, 0.2) is 66.8 Å². The summed E-state index contributed by atoms with van der Waals surface area (Å²) in [5.41, 5.74) is 1.51. The molecule has 0 saturated carbocycles. The van der Waals surface area contributed by atoms with E-state index in [9.17, 15) is 0 Å². The molecule has 1 aliphatic rings. The summed E-state index contributed by atoms with van der Waals surface area (Å²) in [5, 5.41) is 2.76. The van der Waals surface area contributed by atoms with Crippen molar-refractivity contribution >= 4 is 42.1 Å². The van der Waals surface area contributed by atoms with Crippen molar-refractivity contribution in [3.63, 3.8) is 0 Å². The fourth-order valence-corrected chi connectivity index (χ4v) is 7.74. The van der Waals surface area contributed by atoms with Crippen molar-refractivity contribution in [1.82, 2.24) is 0 Å². The molecule has 0 saturated heterocycles. The van der Waals surface area contributed by atoms with Crippen LogP contribution in [-0.4, -0.2) is 19.6 Å². The molecule has 2 aromatic rings. The molecule has 1 atom stereocenters. The Morgan fingerprint density at radius 3 is 2.68 bits per heavy atom. The molecule has 0 N–H and O–H groups in total. The normalized spacial score (nSPS) is 21.9. The molecule has 0 aliphatic heterocycles. The molecule has 0 amide bonds. The third kappa shape index (κ3) is 2.46. The Morgan fingerprint density at radius 2 is 1.89 bits per heavy atom. The van der Waals surface area contributed by atoms with Crippen LogP contribution in [0.5, 0.6) is 0 Å². The summed E-state index contributed by atoms with van der Waals surface area (Å²) >= 11 is 3.58. The number of hydrogen-bond donors (Lipinski definition) is 0. The van der Waals surface area contributed by atoms with E-state index in [4.69, 9.17) is 0 Å². The summed E-state index contributed by atoms with van der Waals surface area (Å²) < 4.78 is 1.41. The van der Waals surface area contributed by atoms with E-state index in [-0.39, 0.29) is 19.7 Å². The van der Waals surface area contributed by atoms with Gasteiger partial charge in [0.1, 0.15) is 0 Å². The van der Waals surface area contributed by atoms with Gasteiger partial charge in [0.15, 0.2) is 0 Å². The van der Waals surface area contributed by atoms with Gasteiger partial charge in [-0.1, -0.05) is 0 Å². The van der Waals surface area contributed by atoms with Crippen LogP contribution in [0.4, 0.5) is 0 Å². The molecule has 2 radical (unpaired) electrons. The standard InChI is InChI=1S/C17H15BrGe/c18-13-19-17(11-4-1-5-12-17)16-10-6-8-14-7-2-3-9-15(14)16/h1-11H,12-13H2. The molecule has 0 heterocycles. The Morgan fingerprint density at radius 1 is 1.05 bits per heavy atom. The molecule has 0 bridgehead atoms. The van der Waals surface area contributed by atoms with Gasteiger partial charge in [-0.25, -0.2) is 0 Å². The summed E-state index contributed by atoms with van der Waals surface area (Å²) in [7, 11) is 0. The van der Waals surface area contributed by atoms with Gasteiger partial charge in [-0.3, -0.25) is 0 Å². The zero-order valence-corrected chi connectivity index (χ0v) is 14.3. The minimum atomic E-state index is -0.102. The Kier molecular flexibility index (Phi) is 3.94. The molecule has 19 heavy (non-hydrogen) atoms. The first-order valence-corrected chi connectivity index (χ1v) is 10.1. The number of alkyl halides is 1. The Labute approximate surface area is 129 Å². The van der Waals surface area contributed by atoms with Crippen molar-refractivity contribution in [1.29, 1.82) is 0 Å². The van der Waals surface area contributed by atoms with Gasteiger partial charge in [0.05, 0.1) is 0 Å². The molecule has 2 aromatic carbocycles. The second kappa shape index (κ2) is 5.68. The van der Waals surface area contributed by atoms with Crippen molar-refractivity contribution in [2.45, 2.75) is 10.7 Å². The van der Waals surface area contributed by atoms with E-state index < -0.39 is 0 Å². The molecule has 1 aliphatic carbocycles. The monoisotopic (exact) mass is 372 g/mol. The molecular formula is C17H15BrGe. The van der Waals surface area contributed by atoms with Crippen LogP contribution >= 0.6 is 15.9 Å². The molecule has 0 fully saturated rings. The van der Waals surface area contributed by atoms with Crippen molar-refractivity contribution in [2.75, 3.05) is 4.16 Å². The summed E-state index contributed by atoms with van der Waals surface area (Å²) in [6.45, 7) is 0. The average molecular weight is 372 g/mol. The molecule has 0 nitrogen and oxygen atoms in total. The van der Waals surface area contributed by atoms with E-state index in [1.54, 1.807) is 0 Å². The summed E-state index contributed by atoms with van der Waals surface area (Å²) in [6, 6.07) is 15.5. The van der Waals surface area contributed by atoms with Crippen LogP contribution in [0.3, 0.4) is 0 Å². The van der Waals surface area contributed by atoms with Gasteiger partial charge in [0.2, 0.25) is 0 Å². The van der Waals surface area contributed by atoms with Crippen LogP contribution < -0.4 is 0 Å². The fraction of sp³-hybridized carbons (Fsp3) is 0.176. The Hall–Kier alpha value is -0.797. The van der Waals surface area contributed by atoms with E-state index in [0.29, 0.717) is 0 Å². The van der Waals surface area contributed by atoms with Gasteiger partial charge in [-0.2, -0.15) is 0 Å². The zero-order valence-electron chi connectivity index (χ0n) is 10.6. The third-order valence-corrected chi connectivity index (χ3v) is 8.12. The number of rotatable bonds is 3. The van der Waals surface area contributed by atoms with E-state index in [0.717, 1.165) is 10.6 Å². The van der Waals surface area contributed by atoms with E-state index >= 15 is 0 Å². The van der Waals surface area contributed by atoms with E-state index in [1.165, 1.54) is 16.3 Å². The predicted molar refractivity (Wildman–Crippen MR) is 88.1 cm³/mol. The minimum absolute atomic E-state index is 0.102. The van der Waals surface area contributed by atoms with E-state index in [1.807, 2.05) is 0 Å². The number of benzene rings is 2. The number of fused-ring (bicyclic) bond motifs is 1. The summed E-state index contributed by atoms with van der Waals surface area (Å²) in [6.07, 6.45) is 10.3. The van der Waals surface area contributed by atoms with Gasteiger partial charge >= 0.3 is 129 Å². The van der Waals surface area contributed by atoms with Crippen LogP contribution in [0.25, 0.3) is 10.8 Å². The number of allylic oxidation sites excluding steroid dienone is 4. The average Bonchev–Trinajstić information content (AvgIpc) is 2.48. The second-order valence-corrected chi connectivity index (χ2v) is 10.9. The molecule has 0 aromatic heterocycles. The first-order valence-electron chi connectivity index (χ1n) is 6.49. The van der Waals surface area contributed by atoms with Gasteiger partial charge in [0.25, 0.3) is 0 Å². The summed E-state index contributed by atoms with van der Waals surface area (Å²) in [4.78, 5) is 0. The van der Waals surface area contributed by atoms with Crippen molar-refractivity contribution in [2.24, 2.45) is 0 Å². The van der Waals surface area contributed by atoms with Gasteiger partial charge < -0.3 is 0 Å². The van der Waals surface area contributed by atoms with Crippen molar-refractivity contribution < 1.29 is 0 Å². The number of halogens is 1. The maximum absolute atomic E-state index is 3.68. The third-order valence-electron chi connectivity index (χ3n) is 3.72. The van der Waals surface area contributed by atoms with Gasteiger partial charge in [0, 0.05) is 0 Å². The molecule has 0 spiro atoms. The molecular weight excluding hydrogens is 357 g/mol. The van der Waals surface area contributed by atoms with Crippen molar-refractivity contribution in [3.8, 4) is 0 Å². The Bertz CT molecular complexity index is 639. The SMILES string of the molecule is Br[CH2][Ge][C]1(c2cccc3ccccc23)C=CC=CC1. The molecule has 94 valence electrons. The number of hydrogen-bond acceptors (Lipinski definition) is 0. The van der Waals surface area contributed by atoms with Crippen LogP contribution in [0.2, 0.25) is 0 Å². The molecule has 2 heteroatoms. The van der Waals surface area contributed by atoms with Crippen LogP contribution in [0.1, 0.15) is 12.0 Å². The quantitative estimate of drug-likeness (QED) is 0.546. The fourth-order valence-electron chi connectivity index (χ4n) is 2.78. The first-order chi connectivity index (χ1) is 9.36. The van der Waals surface area contributed by atoms with Gasteiger partial charge in [-0.05, 0) is 0 Å².